The van der Waals surface area contributed by atoms with Crippen LogP contribution in [0.3, 0.4) is 0 Å². The molecule has 434 valence electrons. The molecule has 18 nitrogen and oxygen atoms in total. The minimum absolute atomic E-state index is 0. The fourth-order valence-corrected chi connectivity index (χ4v) is 14.3. The number of benzene rings is 6. The molecule has 6 aromatic carbocycles. The summed E-state index contributed by atoms with van der Waals surface area (Å²) >= 11 is 0. The van der Waals surface area contributed by atoms with Gasteiger partial charge in [-0.2, -0.15) is 4.58 Å². The van der Waals surface area contributed by atoms with Crippen LogP contribution < -0.4 is 169 Å². The van der Waals surface area contributed by atoms with Crippen LogP contribution >= 0.6 is 0 Å². The number of rotatable bonds is 19. The molecule has 0 fully saturated rings. The minimum Gasteiger partial charge on any atom is -0.744 e. The van der Waals surface area contributed by atoms with Crippen molar-refractivity contribution in [1.29, 1.82) is 0 Å². The zero-order chi connectivity index (χ0) is 60.0. The van der Waals surface area contributed by atoms with E-state index in [9.17, 15) is 61.5 Å². The molecule has 0 radical (unpaired) electrons. The molecule has 3 aliphatic heterocycles. The van der Waals surface area contributed by atoms with E-state index < -0.39 is 70.9 Å². The summed E-state index contributed by atoms with van der Waals surface area (Å²) in [6.07, 6.45) is 13.3. The number of unbranched alkanes of at least 4 members (excludes halogenated alkanes) is 4. The quantitative estimate of drug-likeness (QED) is 0.0270. The molecule has 0 spiro atoms. The smallest absolute Gasteiger partial charge is 0.744 e. The number of anilines is 2. The van der Waals surface area contributed by atoms with Crippen LogP contribution in [0.5, 0.6) is 0 Å². The number of nitrogens with one attached hydrogen (secondary N) is 1. The van der Waals surface area contributed by atoms with Crippen LogP contribution in [0.2, 0.25) is 0 Å². The Hall–Kier alpha value is -2.42. The average Bonchev–Trinajstić information content (AvgIpc) is 1.52. The van der Waals surface area contributed by atoms with Crippen LogP contribution in [0.1, 0.15) is 107 Å². The van der Waals surface area contributed by atoms with Gasteiger partial charge in [0.25, 0.3) is 0 Å². The van der Waals surface area contributed by atoms with Gasteiger partial charge in [0, 0.05) is 76.9 Å². The summed E-state index contributed by atoms with van der Waals surface area (Å²) < 4.78 is 150. The van der Waals surface area contributed by atoms with Crippen LogP contribution in [-0.2, 0) is 67.4 Å². The van der Waals surface area contributed by atoms with Crippen molar-refractivity contribution < 1.29 is 220 Å². The molecule has 0 bridgehead atoms. The summed E-state index contributed by atoms with van der Waals surface area (Å²) in [5, 5.41) is 3.10. The zero-order valence-corrected chi connectivity index (χ0v) is 61.7. The number of carbonyl (C=O) groups is 2. The molecule has 3 heterocycles. The number of allylic oxidation sites excluding steroid dienone is 6. The zero-order valence-electron chi connectivity index (χ0n) is 49.1. The summed E-state index contributed by atoms with van der Waals surface area (Å²) in [4.78, 5) is 27.0. The summed E-state index contributed by atoms with van der Waals surface area (Å²) in [5.41, 5.74) is 4.99. The Morgan fingerprint density at radius 2 is 1.15 bits per heavy atom. The molecule has 9 rings (SSSR count). The average molecular weight is 1320 g/mol. The van der Waals surface area contributed by atoms with E-state index in [1.165, 1.54) is 12.1 Å². The van der Waals surface area contributed by atoms with Crippen LogP contribution in [0.15, 0.2) is 153 Å². The molecule has 86 heavy (non-hydrogen) atoms. The van der Waals surface area contributed by atoms with Gasteiger partial charge < -0.3 is 33.3 Å². The number of carbonyl (C=O) groups excluding carboxylic acids is 2. The molecule has 25 heteroatoms. The molecule has 3 aliphatic rings. The van der Waals surface area contributed by atoms with Gasteiger partial charge in [0.05, 0.1) is 37.2 Å². The van der Waals surface area contributed by atoms with Crippen LogP contribution in [0.25, 0.3) is 21.5 Å². The Morgan fingerprint density at radius 3 is 1.78 bits per heavy atom. The number of amides is 2. The van der Waals surface area contributed by atoms with E-state index in [-0.39, 0.29) is 194 Å². The molecule has 2 amide bonds. The minimum atomic E-state index is -5.27. The maximum absolute atomic E-state index is 13.6. The van der Waals surface area contributed by atoms with Crippen molar-refractivity contribution in [1.82, 2.24) is 5.32 Å². The van der Waals surface area contributed by atoms with Gasteiger partial charge in [-0.05, 0) is 127 Å². The first-order chi connectivity index (χ1) is 39.0. The van der Waals surface area contributed by atoms with Gasteiger partial charge in [0.2, 0.25) is 17.5 Å². The molecular formula is C61H59K3N4O14S4. The predicted molar refractivity (Wildman–Crippen MR) is 310 cm³/mol. The summed E-state index contributed by atoms with van der Waals surface area (Å²) in [5.74, 6) is 6.34. The van der Waals surface area contributed by atoms with Crippen molar-refractivity contribution >= 4 is 96.6 Å². The van der Waals surface area contributed by atoms with Gasteiger partial charge >= 0.3 is 154 Å². The maximum atomic E-state index is 13.6. The number of fused-ring (bicyclic) bond motifs is 8. The Labute approximate surface area is 630 Å². The van der Waals surface area contributed by atoms with E-state index in [0.29, 0.717) is 104 Å². The number of hydrogen-bond donors (Lipinski definition) is 1. The molecule has 0 aromatic heterocycles. The monoisotopic (exact) mass is 1320 g/mol. The molecule has 1 N–H and O–H groups in total. The second-order valence-corrected chi connectivity index (χ2v) is 27.2. The molecule has 0 unspecified atom stereocenters. The maximum Gasteiger partial charge on any atom is 1.00 e. The second kappa shape index (κ2) is 29.0. The van der Waals surface area contributed by atoms with Crippen molar-refractivity contribution in [3.63, 3.8) is 0 Å². The van der Waals surface area contributed by atoms with Gasteiger partial charge in [0.15, 0.2) is 5.71 Å². The van der Waals surface area contributed by atoms with E-state index in [0.717, 1.165) is 40.9 Å². The Balaban J connectivity index is 0.00000394. The predicted octanol–water partition coefficient (Wildman–Crippen LogP) is -0.395. The van der Waals surface area contributed by atoms with Gasteiger partial charge in [-0.3, -0.25) is 9.59 Å². The van der Waals surface area contributed by atoms with Crippen molar-refractivity contribution in [2.75, 3.05) is 29.9 Å². The molecule has 0 saturated carbocycles. The summed E-state index contributed by atoms with van der Waals surface area (Å²) in [6, 6.07) is 24.9. The van der Waals surface area contributed by atoms with Crippen molar-refractivity contribution in [2.45, 2.75) is 116 Å². The van der Waals surface area contributed by atoms with Crippen molar-refractivity contribution in [3.05, 3.63) is 161 Å². The SMILES string of the molecule is C[N+]1=C(/C=C/C=C/C=C2/N(CCCCCC(=O)NCCCCCC(=O)N3Cc4ccccc4C#Cc4ccccc43)c3ccc4c(S(=O)(=O)[O-])cc(S(=O)(=O)[O-])cc4c3C2(C)C)C(C)(C)c2c1ccc1c(S(=O)(=O)[O-])cc(S(=O)(=O)[O-])cc21.[K+].[K+].[K+]. The van der Waals surface area contributed by atoms with Gasteiger partial charge in [-0.1, -0.05) is 93.2 Å². The van der Waals surface area contributed by atoms with Gasteiger partial charge in [-0.15, -0.1) is 0 Å². The third-order valence-electron chi connectivity index (χ3n) is 15.6. The van der Waals surface area contributed by atoms with E-state index >= 15 is 0 Å². The van der Waals surface area contributed by atoms with E-state index in [4.69, 9.17) is 0 Å². The van der Waals surface area contributed by atoms with E-state index in [2.05, 4.69) is 17.2 Å². The normalized spacial score (nSPS) is 15.7. The van der Waals surface area contributed by atoms with E-state index in [1.807, 2.05) is 91.8 Å². The molecular weight excluding hydrogens is 1260 g/mol. The summed E-state index contributed by atoms with van der Waals surface area (Å²) in [7, 11) is -19.1. The first-order valence-electron chi connectivity index (χ1n) is 26.8. The third kappa shape index (κ3) is 15.7. The third-order valence-corrected chi connectivity index (χ3v) is 19.0. The molecule has 0 atom stereocenters. The molecule has 0 aliphatic carbocycles. The van der Waals surface area contributed by atoms with E-state index in [1.54, 1.807) is 48.4 Å². The summed E-state index contributed by atoms with van der Waals surface area (Å²) in [6.45, 7) is 8.60. The van der Waals surface area contributed by atoms with Crippen molar-refractivity contribution in [2.24, 2.45) is 0 Å². The molecule has 0 saturated heterocycles. The van der Waals surface area contributed by atoms with Gasteiger partial charge in [0.1, 0.15) is 47.5 Å². The largest absolute Gasteiger partial charge is 1.00 e. The number of hydrogen-bond acceptors (Lipinski definition) is 15. The topological polar surface area (TPSA) is 284 Å². The second-order valence-electron chi connectivity index (χ2n) is 21.8. The number of para-hydroxylation sites is 1. The first kappa shape index (κ1) is 72.6. The Morgan fingerprint density at radius 1 is 0.593 bits per heavy atom. The Kier molecular flexibility index (Phi) is 24.5. The van der Waals surface area contributed by atoms with Crippen molar-refractivity contribution in [3.8, 4) is 11.8 Å². The Bertz CT molecular complexity index is 4380. The van der Waals surface area contributed by atoms with Crippen LogP contribution in [0.4, 0.5) is 17.1 Å². The standard InChI is InChI=1S/C61H62N4O14S4.3K/c1-60(2)54(63(5)50-31-29-45-47(58(50)60)35-43(80(68,69)70)37-52(45)82(74,75)76)23-9-6-10-24-55-61(3,4)59-48-36-44(81(71,72)73)38-53(83(77,78)79)46(48)30-32-51(59)64(55)34-18-8-11-25-56(66)62-33-17-7-12-26-57(67)65-39-42-21-14-13-19-40(42)27-28-41-20-15-16-22-49(41)65;;;/h6,9-10,13-16,19-24,29-32,35-38H,7-8,11-12,17-18,25-26,33-34,39H2,1-5H3,(H4-,62,66,68,69,70,71,72,73,74,75,76,77,78,79);;;/q;3*+1/p-3. The molecule has 6 aromatic rings. The van der Waals surface area contributed by atoms with Crippen LogP contribution in [0, 0.1) is 11.8 Å². The first-order valence-corrected chi connectivity index (χ1v) is 32.4. The fraction of sp³-hybridized carbons (Fsp3) is 0.295. The fourth-order valence-electron chi connectivity index (χ4n) is 11.7. The van der Waals surface area contributed by atoms with Gasteiger partial charge in [-0.25, -0.2) is 33.7 Å². The number of nitrogens with zero attached hydrogens (tertiary/aromatic N) is 3. The van der Waals surface area contributed by atoms with Crippen LogP contribution in [-0.4, -0.2) is 94.1 Å².